The maximum atomic E-state index is 5.43. The Labute approximate surface area is 114 Å². The average Bonchev–Trinajstić information content (AvgIpc) is 2.41. The number of nitrogen functional groups attached to an aromatic ring is 1. The standard InChI is InChI=1S/C12H24N6O/c1-5-19-9-11-14-10(16-13)8-12(15-11)18(4)7-6-17(2)3/h8H,5-7,9,13H2,1-4H3,(H,14,15,16). The molecule has 1 rings (SSSR count). The lowest BCUT2D eigenvalue weighted by atomic mass is 10.4. The fourth-order valence-corrected chi connectivity index (χ4v) is 1.48. The smallest absolute Gasteiger partial charge is 0.158 e. The van der Waals surface area contributed by atoms with Crippen LogP contribution in [0.25, 0.3) is 0 Å². The van der Waals surface area contributed by atoms with Gasteiger partial charge in [-0.2, -0.15) is 0 Å². The van der Waals surface area contributed by atoms with Crippen LogP contribution in [0.4, 0.5) is 11.6 Å². The van der Waals surface area contributed by atoms with Crippen molar-refractivity contribution in [3.05, 3.63) is 11.9 Å². The molecule has 0 aromatic carbocycles. The minimum atomic E-state index is 0.389. The molecule has 1 heterocycles. The van der Waals surface area contributed by atoms with Gasteiger partial charge in [0.05, 0.1) is 0 Å². The van der Waals surface area contributed by atoms with Crippen molar-refractivity contribution in [1.82, 2.24) is 14.9 Å². The highest BCUT2D eigenvalue weighted by Crippen LogP contribution is 2.14. The van der Waals surface area contributed by atoms with Crippen LogP contribution in [0, 0.1) is 0 Å². The van der Waals surface area contributed by atoms with E-state index in [1.807, 2.05) is 34.1 Å². The molecule has 1 aromatic rings. The number of ether oxygens (including phenoxy) is 1. The van der Waals surface area contributed by atoms with E-state index in [2.05, 4.69) is 25.2 Å². The molecule has 0 amide bonds. The highest BCUT2D eigenvalue weighted by Gasteiger charge is 2.08. The summed E-state index contributed by atoms with van der Waals surface area (Å²) in [6.45, 7) is 4.79. The van der Waals surface area contributed by atoms with Crippen LogP contribution in [0.1, 0.15) is 12.7 Å². The summed E-state index contributed by atoms with van der Waals surface area (Å²) in [5, 5.41) is 0. The minimum absolute atomic E-state index is 0.389. The van der Waals surface area contributed by atoms with Gasteiger partial charge in [0.25, 0.3) is 0 Å². The second-order valence-electron chi connectivity index (χ2n) is 4.53. The molecule has 7 heteroatoms. The van der Waals surface area contributed by atoms with E-state index in [1.54, 1.807) is 0 Å². The minimum Gasteiger partial charge on any atom is -0.374 e. The molecule has 0 radical (unpaired) electrons. The SMILES string of the molecule is CCOCc1nc(NN)cc(N(C)CCN(C)C)n1. The van der Waals surface area contributed by atoms with Gasteiger partial charge >= 0.3 is 0 Å². The lowest BCUT2D eigenvalue weighted by molar-refractivity contribution is 0.128. The van der Waals surface area contributed by atoms with Crippen molar-refractivity contribution in [3.8, 4) is 0 Å². The molecule has 0 saturated carbocycles. The summed E-state index contributed by atoms with van der Waals surface area (Å²) in [5.41, 5.74) is 2.56. The number of hydrogen-bond donors (Lipinski definition) is 2. The molecular formula is C12H24N6O. The summed E-state index contributed by atoms with van der Waals surface area (Å²) in [6.07, 6.45) is 0. The first-order valence-corrected chi connectivity index (χ1v) is 6.35. The van der Waals surface area contributed by atoms with Crippen molar-refractivity contribution >= 4 is 11.6 Å². The fourth-order valence-electron chi connectivity index (χ4n) is 1.48. The van der Waals surface area contributed by atoms with Crippen molar-refractivity contribution < 1.29 is 4.74 Å². The normalized spacial score (nSPS) is 10.8. The summed E-state index contributed by atoms with van der Waals surface area (Å²) in [4.78, 5) is 12.9. The van der Waals surface area contributed by atoms with Crippen LogP contribution in [0.2, 0.25) is 0 Å². The van der Waals surface area contributed by atoms with E-state index in [0.29, 0.717) is 24.9 Å². The van der Waals surface area contributed by atoms with Crippen molar-refractivity contribution in [1.29, 1.82) is 0 Å². The van der Waals surface area contributed by atoms with Gasteiger partial charge < -0.3 is 20.0 Å². The van der Waals surface area contributed by atoms with Gasteiger partial charge in [-0.1, -0.05) is 0 Å². The summed E-state index contributed by atoms with van der Waals surface area (Å²) in [6, 6.07) is 1.82. The first-order chi connectivity index (χ1) is 9.06. The van der Waals surface area contributed by atoms with Gasteiger partial charge in [0.1, 0.15) is 18.2 Å². The third kappa shape index (κ3) is 5.37. The second-order valence-corrected chi connectivity index (χ2v) is 4.53. The van der Waals surface area contributed by atoms with Crippen LogP contribution in [-0.4, -0.2) is 55.7 Å². The molecule has 0 fully saturated rings. The number of nitrogens with zero attached hydrogens (tertiary/aromatic N) is 4. The van der Waals surface area contributed by atoms with Crippen molar-refractivity contribution in [2.45, 2.75) is 13.5 Å². The number of rotatable bonds is 8. The number of hydrazine groups is 1. The van der Waals surface area contributed by atoms with Crippen LogP contribution in [-0.2, 0) is 11.3 Å². The Morgan fingerprint density at radius 3 is 2.58 bits per heavy atom. The first-order valence-electron chi connectivity index (χ1n) is 6.35. The highest BCUT2D eigenvalue weighted by atomic mass is 16.5. The van der Waals surface area contributed by atoms with Crippen LogP contribution >= 0.6 is 0 Å². The largest absolute Gasteiger partial charge is 0.374 e. The maximum Gasteiger partial charge on any atom is 0.158 e. The maximum absolute atomic E-state index is 5.43. The molecule has 0 spiro atoms. The summed E-state index contributed by atoms with van der Waals surface area (Å²) in [7, 11) is 6.08. The Hall–Kier alpha value is -1.44. The summed E-state index contributed by atoms with van der Waals surface area (Å²) in [5.74, 6) is 7.49. The average molecular weight is 268 g/mol. The van der Waals surface area contributed by atoms with E-state index in [4.69, 9.17) is 10.6 Å². The molecule has 0 atom stereocenters. The Morgan fingerprint density at radius 2 is 2.00 bits per heavy atom. The van der Waals surface area contributed by atoms with E-state index in [-0.39, 0.29) is 0 Å². The summed E-state index contributed by atoms with van der Waals surface area (Å²) < 4.78 is 5.33. The molecular weight excluding hydrogens is 244 g/mol. The molecule has 19 heavy (non-hydrogen) atoms. The number of likely N-dealkylation sites (N-methyl/N-ethyl adjacent to an activating group) is 2. The van der Waals surface area contributed by atoms with E-state index in [9.17, 15) is 0 Å². The number of nitrogens with one attached hydrogen (secondary N) is 1. The Kier molecular flexibility index (Phi) is 6.48. The molecule has 0 unspecified atom stereocenters. The number of anilines is 2. The molecule has 0 aliphatic carbocycles. The van der Waals surface area contributed by atoms with Gasteiger partial charge in [-0.15, -0.1) is 0 Å². The van der Waals surface area contributed by atoms with Crippen molar-refractivity contribution in [2.24, 2.45) is 5.84 Å². The third-order valence-electron chi connectivity index (χ3n) is 2.62. The molecule has 7 nitrogen and oxygen atoms in total. The zero-order valence-electron chi connectivity index (χ0n) is 12.2. The monoisotopic (exact) mass is 268 g/mol. The van der Waals surface area contributed by atoms with Gasteiger partial charge in [-0.25, -0.2) is 15.8 Å². The predicted octanol–water partition coefficient (Wildman–Crippen LogP) is 0.297. The van der Waals surface area contributed by atoms with Gasteiger partial charge in [0.2, 0.25) is 0 Å². The molecule has 0 bridgehead atoms. The molecule has 0 aliphatic rings. The Balaban J connectivity index is 2.79. The van der Waals surface area contributed by atoms with Crippen molar-refractivity contribution in [3.63, 3.8) is 0 Å². The van der Waals surface area contributed by atoms with Crippen LogP contribution < -0.4 is 16.2 Å². The molecule has 0 aliphatic heterocycles. The number of nitrogens with two attached hydrogens (primary N) is 1. The molecule has 0 saturated heterocycles. The fraction of sp³-hybridized carbons (Fsp3) is 0.667. The first kappa shape index (κ1) is 15.6. The second kappa shape index (κ2) is 7.88. The lowest BCUT2D eigenvalue weighted by Crippen LogP contribution is -2.29. The number of hydrogen-bond acceptors (Lipinski definition) is 7. The highest BCUT2D eigenvalue weighted by molar-refractivity contribution is 5.48. The van der Waals surface area contributed by atoms with Gasteiger partial charge in [0.15, 0.2) is 5.82 Å². The van der Waals surface area contributed by atoms with E-state index < -0.39 is 0 Å². The quantitative estimate of drug-likeness (QED) is 0.518. The van der Waals surface area contributed by atoms with E-state index in [1.165, 1.54) is 0 Å². The van der Waals surface area contributed by atoms with E-state index in [0.717, 1.165) is 18.9 Å². The molecule has 1 aromatic heterocycles. The third-order valence-corrected chi connectivity index (χ3v) is 2.62. The molecule has 3 N–H and O–H groups in total. The van der Waals surface area contributed by atoms with E-state index >= 15 is 0 Å². The Bertz CT molecular complexity index is 384. The number of aromatic nitrogens is 2. The van der Waals surface area contributed by atoms with Gasteiger partial charge in [-0.3, -0.25) is 0 Å². The van der Waals surface area contributed by atoms with Crippen molar-refractivity contribution in [2.75, 3.05) is 51.2 Å². The Morgan fingerprint density at radius 1 is 1.26 bits per heavy atom. The lowest BCUT2D eigenvalue weighted by Gasteiger charge is -2.21. The topological polar surface area (TPSA) is 79.5 Å². The zero-order chi connectivity index (χ0) is 14.3. The zero-order valence-corrected chi connectivity index (χ0v) is 12.2. The predicted molar refractivity (Wildman–Crippen MR) is 77.0 cm³/mol. The van der Waals surface area contributed by atoms with Crippen LogP contribution in [0.5, 0.6) is 0 Å². The molecule has 108 valence electrons. The summed E-state index contributed by atoms with van der Waals surface area (Å²) >= 11 is 0. The van der Waals surface area contributed by atoms with Gasteiger partial charge in [0, 0.05) is 32.8 Å². The van der Waals surface area contributed by atoms with Crippen LogP contribution in [0.15, 0.2) is 6.07 Å². The van der Waals surface area contributed by atoms with Gasteiger partial charge in [-0.05, 0) is 21.0 Å². The van der Waals surface area contributed by atoms with Crippen LogP contribution in [0.3, 0.4) is 0 Å².